The summed E-state index contributed by atoms with van der Waals surface area (Å²) >= 11 is 0. The highest BCUT2D eigenvalue weighted by atomic mass is 16.5. The first-order valence-electron chi connectivity index (χ1n) is 4.83. The van der Waals surface area contributed by atoms with Crippen molar-refractivity contribution in [3.8, 4) is 0 Å². The van der Waals surface area contributed by atoms with Crippen molar-refractivity contribution in [3.63, 3.8) is 0 Å². The molecule has 1 aromatic rings. The molecule has 1 saturated heterocycles. The lowest BCUT2D eigenvalue weighted by molar-refractivity contribution is -0.0770. The zero-order chi connectivity index (χ0) is 10.9. The van der Waals surface area contributed by atoms with Gasteiger partial charge in [-0.2, -0.15) is 4.98 Å². The second-order valence-corrected chi connectivity index (χ2v) is 3.76. The molecule has 1 atom stereocenters. The van der Waals surface area contributed by atoms with Crippen LogP contribution in [0.5, 0.6) is 0 Å². The summed E-state index contributed by atoms with van der Waals surface area (Å²) in [5, 5.41) is 12.3. The van der Waals surface area contributed by atoms with Crippen LogP contribution in [0.4, 0.5) is 0 Å². The van der Waals surface area contributed by atoms with E-state index < -0.39 is 11.6 Å². The van der Waals surface area contributed by atoms with Gasteiger partial charge in [-0.05, 0) is 26.2 Å². The maximum absolute atomic E-state index is 10.6. The Morgan fingerprint density at radius 1 is 1.53 bits per heavy atom. The molecule has 0 saturated carbocycles. The number of nitrogens with zero attached hydrogens (tertiary/aromatic N) is 2. The Balaban J connectivity index is 2.23. The molecule has 0 bridgehead atoms. The van der Waals surface area contributed by atoms with E-state index in [9.17, 15) is 4.79 Å². The smallest absolute Gasteiger partial charge is 0.394 e. The Morgan fingerprint density at radius 3 is 2.87 bits per heavy atom. The average Bonchev–Trinajstić information content (AvgIpc) is 2.68. The summed E-state index contributed by atoms with van der Waals surface area (Å²) in [6.45, 7) is 2.50. The molecule has 1 aromatic heterocycles. The molecule has 0 spiro atoms. The number of carboxylic acid groups (broad SMARTS) is 1. The van der Waals surface area contributed by atoms with Gasteiger partial charge in [0.25, 0.3) is 0 Å². The second kappa shape index (κ2) is 3.62. The zero-order valence-electron chi connectivity index (χ0n) is 8.39. The van der Waals surface area contributed by atoms with Crippen LogP contribution < -0.4 is 0 Å². The van der Waals surface area contributed by atoms with Crippen molar-refractivity contribution in [1.82, 2.24) is 10.1 Å². The van der Waals surface area contributed by atoms with E-state index >= 15 is 0 Å². The summed E-state index contributed by atoms with van der Waals surface area (Å²) < 4.78 is 10.2. The van der Waals surface area contributed by atoms with Gasteiger partial charge in [0.1, 0.15) is 5.60 Å². The van der Waals surface area contributed by atoms with Crippen molar-refractivity contribution < 1.29 is 19.2 Å². The van der Waals surface area contributed by atoms with Gasteiger partial charge < -0.3 is 14.4 Å². The molecule has 82 valence electrons. The molecule has 1 N–H and O–H groups in total. The van der Waals surface area contributed by atoms with Crippen molar-refractivity contribution in [3.05, 3.63) is 11.7 Å². The van der Waals surface area contributed by atoms with Crippen molar-refractivity contribution in [1.29, 1.82) is 0 Å². The molecule has 0 aliphatic carbocycles. The van der Waals surface area contributed by atoms with Crippen LogP contribution in [0.3, 0.4) is 0 Å². The third kappa shape index (κ3) is 1.85. The van der Waals surface area contributed by atoms with Gasteiger partial charge in [0.2, 0.25) is 5.82 Å². The molecule has 6 heteroatoms. The second-order valence-electron chi connectivity index (χ2n) is 3.76. The molecule has 6 nitrogen and oxygen atoms in total. The van der Waals surface area contributed by atoms with Crippen LogP contribution in [-0.2, 0) is 10.3 Å². The first-order chi connectivity index (χ1) is 7.12. The van der Waals surface area contributed by atoms with E-state index in [1.54, 1.807) is 0 Å². The molecular formula is C9H12N2O4. The predicted molar refractivity (Wildman–Crippen MR) is 48.4 cm³/mol. The fourth-order valence-corrected chi connectivity index (χ4v) is 1.64. The number of rotatable bonds is 2. The van der Waals surface area contributed by atoms with Gasteiger partial charge in [-0.15, -0.1) is 0 Å². The van der Waals surface area contributed by atoms with Gasteiger partial charge in [-0.3, -0.25) is 0 Å². The predicted octanol–water partition coefficient (Wildman–Crippen LogP) is 1.18. The lowest BCUT2D eigenvalue weighted by Crippen LogP contribution is -2.31. The Labute approximate surface area is 86.2 Å². The summed E-state index contributed by atoms with van der Waals surface area (Å²) in [7, 11) is 0. The average molecular weight is 212 g/mol. The molecule has 0 radical (unpaired) electrons. The van der Waals surface area contributed by atoms with E-state index in [0.717, 1.165) is 19.3 Å². The Hall–Kier alpha value is -1.43. The maximum atomic E-state index is 10.6. The third-order valence-electron chi connectivity index (χ3n) is 2.55. The van der Waals surface area contributed by atoms with Crippen LogP contribution in [0.15, 0.2) is 4.52 Å². The molecule has 2 heterocycles. The fraction of sp³-hybridized carbons (Fsp3) is 0.667. The van der Waals surface area contributed by atoms with Crippen LogP contribution in [0, 0.1) is 0 Å². The number of aromatic nitrogens is 2. The first kappa shape index (κ1) is 10.1. The zero-order valence-corrected chi connectivity index (χ0v) is 8.39. The maximum Gasteiger partial charge on any atom is 0.394 e. The minimum absolute atomic E-state index is 0.319. The molecule has 15 heavy (non-hydrogen) atoms. The van der Waals surface area contributed by atoms with Crippen molar-refractivity contribution in [2.24, 2.45) is 0 Å². The van der Waals surface area contributed by atoms with E-state index in [-0.39, 0.29) is 5.89 Å². The lowest BCUT2D eigenvalue weighted by atomic mass is 9.95. The van der Waals surface area contributed by atoms with Crippen LogP contribution in [0.1, 0.15) is 42.7 Å². The fourth-order valence-electron chi connectivity index (χ4n) is 1.64. The molecule has 1 unspecified atom stereocenters. The molecule has 1 fully saturated rings. The monoisotopic (exact) mass is 212 g/mol. The van der Waals surface area contributed by atoms with Crippen LogP contribution >= 0.6 is 0 Å². The SMILES string of the molecule is CC1(c2noc(C(=O)O)n2)CCCCO1. The number of carboxylic acids is 1. The molecule has 0 amide bonds. The highest BCUT2D eigenvalue weighted by Gasteiger charge is 2.35. The minimum atomic E-state index is -1.21. The Kier molecular flexibility index (Phi) is 2.44. The molecule has 0 aromatic carbocycles. The van der Waals surface area contributed by atoms with Gasteiger partial charge in [0, 0.05) is 6.61 Å². The topological polar surface area (TPSA) is 85.5 Å². The summed E-state index contributed by atoms with van der Waals surface area (Å²) in [5.74, 6) is -1.28. The van der Waals surface area contributed by atoms with E-state index in [2.05, 4.69) is 14.7 Å². The van der Waals surface area contributed by atoms with Crippen molar-refractivity contribution >= 4 is 5.97 Å². The highest BCUT2D eigenvalue weighted by Crippen LogP contribution is 2.32. The number of hydrogen-bond acceptors (Lipinski definition) is 5. The number of ether oxygens (including phenoxy) is 1. The van der Waals surface area contributed by atoms with E-state index in [0.29, 0.717) is 12.4 Å². The Morgan fingerprint density at radius 2 is 2.33 bits per heavy atom. The number of carbonyl (C=O) groups is 1. The largest absolute Gasteiger partial charge is 0.474 e. The number of aromatic carboxylic acids is 1. The van der Waals surface area contributed by atoms with Gasteiger partial charge >= 0.3 is 11.9 Å². The standard InChI is InChI=1S/C9H12N2O4/c1-9(4-2-3-5-14-9)8-10-6(7(12)13)15-11-8/h2-5H2,1H3,(H,12,13). The summed E-state index contributed by atoms with van der Waals surface area (Å²) in [4.78, 5) is 14.4. The van der Waals surface area contributed by atoms with E-state index in [4.69, 9.17) is 9.84 Å². The summed E-state index contributed by atoms with van der Waals surface area (Å²) in [6.07, 6.45) is 2.82. The van der Waals surface area contributed by atoms with Crippen LogP contribution in [-0.4, -0.2) is 27.8 Å². The first-order valence-corrected chi connectivity index (χ1v) is 4.83. The van der Waals surface area contributed by atoms with Gasteiger partial charge in [0.05, 0.1) is 0 Å². The van der Waals surface area contributed by atoms with Gasteiger partial charge in [0.15, 0.2) is 0 Å². The minimum Gasteiger partial charge on any atom is -0.474 e. The normalized spacial score (nSPS) is 26.5. The quantitative estimate of drug-likeness (QED) is 0.792. The van der Waals surface area contributed by atoms with E-state index in [1.807, 2.05) is 6.92 Å². The highest BCUT2D eigenvalue weighted by molar-refractivity contribution is 5.81. The van der Waals surface area contributed by atoms with Crippen molar-refractivity contribution in [2.75, 3.05) is 6.61 Å². The van der Waals surface area contributed by atoms with Gasteiger partial charge in [-0.1, -0.05) is 5.16 Å². The molecule has 1 aliphatic rings. The summed E-state index contributed by atoms with van der Waals surface area (Å²) in [5.41, 5.74) is -0.602. The molecule has 2 rings (SSSR count). The van der Waals surface area contributed by atoms with E-state index in [1.165, 1.54) is 0 Å². The summed E-state index contributed by atoms with van der Waals surface area (Å²) in [6, 6.07) is 0. The third-order valence-corrected chi connectivity index (χ3v) is 2.55. The van der Waals surface area contributed by atoms with Crippen molar-refractivity contribution in [2.45, 2.75) is 31.8 Å². The number of hydrogen-bond donors (Lipinski definition) is 1. The van der Waals surface area contributed by atoms with Gasteiger partial charge in [-0.25, -0.2) is 4.79 Å². The lowest BCUT2D eigenvalue weighted by Gasteiger charge is -2.30. The molecule has 1 aliphatic heterocycles. The van der Waals surface area contributed by atoms with Crippen LogP contribution in [0.25, 0.3) is 0 Å². The van der Waals surface area contributed by atoms with Crippen LogP contribution in [0.2, 0.25) is 0 Å². The molecular weight excluding hydrogens is 200 g/mol. The Bertz CT molecular complexity index is 368.